The third-order valence-corrected chi connectivity index (χ3v) is 4.60. The second-order valence-corrected chi connectivity index (χ2v) is 7.03. The van der Waals surface area contributed by atoms with Gasteiger partial charge in [0.1, 0.15) is 0 Å². The van der Waals surface area contributed by atoms with E-state index in [1.54, 1.807) is 12.2 Å². The van der Waals surface area contributed by atoms with Crippen LogP contribution < -0.4 is 21.3 Å². The van der Waals surface area contributed by atoms with E-state index in [2.05, 4.69) is 72.7 Å². The highest BCUT2D eigenvalue weighted by Gasteiger charge is 2.36. The van der Waals surface area contributed by atoms with Crippen LogP contribution in [0.25, 0.3) is 0 Å². The summed E-state index contributed by atoms with van der Waals surface area (Å²) in [6.07, 6.45) is 6.11. The quantitative estimate of drug-likeness (QED) is 0.169. The average Bonchev–Trinajstić information content (AvgIpc) is 2.79. The first kappa shape index (κ1) is 20.5. The van der Waals surface area contributed by atoms with Gasteiger partial charge >= 0.3 is 0 Å². The number of nitrogens with zero attached hydrogens (tertiary/aromatic N) is 10. The fourth-order valence-corrected chi connectivity index (χ4v) is 3.25. The summed E-state index contributed by atoms with van der Waals surface area (Å²) in [6, 6.07) is 0. The maximum Gasteiger partial charge on any atom is 0.244 e. The number of aliphatic imine (C=N–C) groups is 8. The molecule has 0 saturated carbocycles. The van der Waals surface area contributed by atoms with Crippen LogP contribution in [0.1, 0.15) is 0 Å². The first-order valence-electron chi connectivity index (χ1n) is 9.98. The highest BCUT2D eigenvalue weighted by Crippen LogP contribution is 2.13. The zero-order valence-corrected chi connectivity index (χ0v) is 17.8. The minimum Gasteiger partial charge on any atom is -0.294 e. The molecule has 0 unspecified atom stereocenters. The van der Waals surface area contributed by atoms with Crippen LogP contribution in [0, 0.1) is 21.6 Å². The van der Waals surface area contributed by atoms with Crippen molar-refractivity contribution >= 4 is 71.3 Å². The topological polar surface area (TPSA) is 249 Å². The van der Waals surface area contributed by atoms with Gasteiger partial charge in [0.25, 0.3) is 0 Å². The Hall–Kier alpha value is -6.12. The lowest BCUT2D eigenvalue weighted by molar-refractivity contribution is 0.772. The fourth-order valence-electron chi connectivity index (χ4n) is 3.25. The summed E-state index contributed by atoms with van der Waals surface area (Å²) >= 11 is 0. The molecule has 8 N–H and O–H groups in total. The molecular formula is C18H12N18. The summed E-state index contributed by atoms with van der Waals surface area (Å²) in [6.45, 7) is 0. The number of amidine groups is 2. The van der Waals surface area contributed by atoms with E-state index in [-0.39, 0.29) is 71.3 Å². The smallest absolute Gasteiger partial charge is 0.244 e. The van der Waals surface area contributed by atoms with E-state index in [0.29, 0.717) is 0 Å². The number of hydrogen-bond acceptors (Lipinski definition) is 10. The highest BCUT2D eigenvalue weighted by atomic mass is 15.6. The molecule has 0 amide bonds. The Morgan fingerprint density at radius 3 is 1.28 bits per heavy atom. The van der Waals surface area contributed by atoms with Crippen molar-refractivity contribution in [3.8, 4) is 0 Å². The van der Waals surface area contributed by atoms with Crippen molar-refractivity contribution in [1.29, 1.82) is 21.6 Å². The number of guanidine groups is 10. The molecule has 18 heteroatoms. The Kier molecular flexibility index (Phi) is 4.40. The van der Waals surface area contributed by atoms with E-state index >= 15 is 0 Å². The molecule has 0 bridgehead atoms. The van der Waals surface area contributed by atoms with Crippen LogP contribution in [-0.4, -0.2) is 81.1 Å². The summed E-state index contributed by atoms with van der Waals surface area (Å²) in [5.41, 5.74) is 5.79. The zero-order valence-electron chi connectivity index (χ0n) is 17.8. The minimum absolute atomic E-state index is 0.135. The van der Waals surface area contributed by atoms with Gasteiger partial charge in [0.2, 0.25) is 59.6 Å². The van der Waals surface area contributed by atoms with Crippen LogP contribution in [0.2, 0.25) is 0 Å². The average molecular weight is 480 g/mol. The predicted molar refractivity (Wildman–Crippen MR) is 132 cm³/mol. The SMILES string of the molecule is N=C1N=C2N=C(C=C=CC=C=CC3=NC4=NC(=N)NC5=NC(=N)NC(=N3)N45)N=C3NC(=N)N=C(N1)N23. The molecule has 0 fully saturated rings. The number of rotatable bonds is 3. The summed E-state index contributed by atoms with van der Waals surface area (Å²) in [5.74, 6) is 1.28. The Morgan fingerprint density at radius 2 is 0.861 bits per heavy atom. The van der Waals surface area contributed by atoms with Crippen LogP contribution in [0.3, 0.4) is 0 Å². The van der Waals surface area contributed by atoms with Gasteiger partial charge in [0, 0.05) is 12.2 Å². The normalized spacial score (nSPS) is 20.7. The Balaban J connectivity index is 1.22. The van der Waals surface area contributed by atoms with Gasteiger partial charge in [-0.05, 0) is 12.2 Å². The molecule has 0 aliphatic carbocycles. The molecule has 6 aliphatic rings. The first-order chi connectivity index (χ1) is 17.4. The maximum absolute atomic E-state index is 7.77. The van der Waals surface area contributed by atoms with E-state index in [1.165, 1.54) is 22.0 Å². The number of nitrogens with one attached hydrogen (secondary N) is 8. The van der Waals surface area contributed by atoms with Crippen LogP contribution >= 0.6 is 0 Å². The summed E-state index contributed by atoms with van der Waals surface area (Å²) in [4.78, 5) is 36.1. The third-order valence-electron chi connectivity index (χ3n) is 4.60. The summed E-state index contributed by atoms with van der Waals surface area (Å²) < 4.78 is 0. The molecule has 0 atom stereocenters. The first-order valence-corrected chi connectivity index (χ1v) is 9.98. The maximum atomic E-state index is 7.77. The van der Waals surface area contributed by atoms with Crippen molar-refractivity contribution in [2.45, 2.75) is 0 Å². The molecular weight excluding hydrogens is 468 g/mol. The van der Waals surface area contributed by atoms with Gasteiger partial charge in [-0.3, -0.25) is 42.9 Å². The second kappa shape index (κ2) is 7.73. The molecule has 6 heterocycles. The zero-order chi connectivity index (χ0) is 24.8. The van der Waals surface area contributed by atoms with Crippen molar-refractivity contribution < 1.29 is 0 Å². The molecule has 0 spiro atoms. The Bertz CT molecular complexity index is 1450. The van der Waals surface area contributed by atoms with Crippen LogP contribution in [0.4, 0.5) is 0 Å². The third kappa shape index (κ3) is 3.59. The van der Waals surface area contributed by atoms with Crippen molar-refractivity contribution in [3.05, 3.63) is 35.8 Å². The lowest BCUT2D eigenvalue weighted by Crippen LogP contribution is -2.62. The molecule has 6 rings (SSSR count). The van der Waals surface area contributed by atoms with Gasteiger partial charge < -0.3 is 0 Å². The second-order valence-electron chi connectivity index (χ2n) is 7.03. The summed E-state index contributed by atoms with van der Waals surface area (Å²) in [5, 5.41) is 41.8. The van der Waals surface area contributed by atoms with E-state index in [0.717, 1.165) is 0 Å². The van der Waals surface area contributed by atoms with Gasteiger partial charge in [-0.25, -0.2) is 9.80 Å². The molecule has 0 aromatic heterocycles. The van der Waals surface area contributed by atoms with Crippen LogP contribution in [-0.2, 0) is 0 Å². The van der Waals surface area contributed by atoms with Crippen LogP contribution in [0.15, 0.2) is 75.7 Å². The Labute approximate surface area is 200 Å². The van der Waals surface area contributed by atoms with Crippen molar-refractivity contribution in [1.82, 2.24) is 31.1 Å². The molecule has 0 aromatic carbocycles. The monoisotopic (exact) mass is 480 g/mol. The van der Waals surface area contributed by atoms with Gasteiger partial charge in [-0.2, -0.15) is 39.9 Å². The molecule has 36 heavy (non-hydrogen) atoms. The van der Waals surface area contributed by atoms with Crippen molar-refractivity contribution in [3.63, 3.8) is 0 Å². The molecule has 174 valence electrons. The van der Waals surface area contributed by atoms with Gasteiger partial charge in [0.15, 0.2) is 11.7 Å². The Morgan fingerprint density at radius 1 is 0.500 bits per heavy atom. The van der Waals surface area contributed by atoms with E-state index in [9.17, 15) is 0 Å². The summed E-state index contributed by atoms with van der Waals surface area (Å²) in [7, 11) is 0. The molecule has 0 radical (unpaired) electrons. The highest BCUT2D eigenvalue weighted by molar-refractivity contribution is 6.33. The van der Waals surface area contributed by atoms with E-state index in [1.807, 2.05) is 0 Å². The van der Waals surface area contributed by atoms with Gasteiger partial charge in [-0.1, -0.05) is 0 Å². The molecule has 0 saturated heterocycles. The lowest BCUT2D eigenvalue weighted by Gasteiger charge is -2.34. The van der Waals surface area contributed by atoms with Crippen molar-refractivity contribution in [2.75, 3.05) is 0 Å². The van der Waals surface area contributed by atoms with E-state index < -0.39 is 0 Å². The number of hydrogen-bond donors (Lipinski definition) is 8. The van der Waals surface area contributed by atoms with Gasteiger partial charge in [0.05, 0.1) is 0 Å². The fraction of sp³-hybridized carbons (Fsp3) is 0. The predicted octanol–water partition coefficient (Wildman–Crippen LogP) is -1.87. The lowest BCUT2D eigenvalue weighted by atomic mass is 10.4. The largest absolute Gasteiger partial charge is 0.294 e. The van der Waals surface area contributed by atoms with Crippen LogP contribution in [0.5, 0.6) is 0 Å². The standard InChI is InChI=1S/C18H12N18/c19-9-27-13-23-7(24-14-28-10(20)32-17(31-9)35(13)14)5-3-1-2-4-6-8-25-15-29-11(21)33-18-34-12(22)30-16(26-8)36(15)18/h1-2,5-6H,(H4,19,20,23,24,27,28,31,32)(H4,21,22,25,26,29,30,33,34). The molecule has 0 aromatic rings. The van der Waals surface area contributed by atoms with Crippen molar-refractivity contribution in [2.24, 2.45) is 39.9 Å². The van der Waals surface area contributed by atoms with E-state index in [4.69, 9.17) is 21.6 Å². The minimum atomic E-state index is -0.153. The molecule has 6 aliphatic heterocycles. The molecule has 18 nitrogen and oxygen atoms in total. The van der Waals surface area contributed by atoms with Gasteiger partial charge in [-0.15, -0.1) is 11.5 Å².